The summed E-state index contributed by atoms with van der Waals surface area (Å²) in [6.07, 6.45) is -3.78. The minimum absolute atomic E-state index is 0.180. The molecule has 0 aromatic rings. The molecule has 0 rings (SSSR count). The van der Waals surface area contributed by atoms with Gasteiger partial charge in [0.15, 0.2) is 0 Å². The Labute approximate surface area is 91.4 Å². The zero-order valence-electron chi connectivity index (χ0n) is 8.35. The molecule has 0 aromatic carbocycles. The molecule has 15 heavy (non-hydrogen) atoms. The predicted octanol–water partition coefficient (Wildman–Crippen LogP) is 1.23. The molecule has 7 heteroatoms. The maximum Gasteiger partial charge on any atom is 0.522 e. The number of thioether (sulfide) groups is 1. The summed E-state index contributed by atoms with van der Waals surface area (Å²) in [5, 5.41) is 11.3. The zero-order valence-corrected chi connectivity index (χ0v) is 9.16. The second-order valence-electron chi connectivity index (χ2n) is 2.73. The van der Waals surface area contributed by atoms with E-state index in [1.165, 1.54) is 0 Å². The molecule has 0 aliphatic carbocycles. The van der Waals surface area contributed by atoms with E-state index in [1.54, 1.807) is 11.8 Å². The van der Waals surface area contributed by atoms with Crippen molar-refractivity contribution in [2.45, 2.75) is 12.8 Å². The predicted molar refractivity (Wildman–Crippen MR) is 53.9 cm³/mol. The van der Waals surface area contributed by atoms with E-state index in [1.807, 2.05) is 0 Å². The summed E-state index contributed by atoms with van der Waals surface area (Å²) >= 11 is 1.66. The molecule has 2 N–H and O–H groups in total. The van der Waals surface area contributed by atoms with Gasteiger partial charge in [-0.1, -0.05) is 0 Å². The van der Waals surface area contributed by atoms with Crippen LogP contribution in [0.2, 0.25) is 0 Å². The highest BCUT2D eigenvalue weighted by Gasteiger charge is 2.28. The SMILES string of the molecule is OCCCSCCNCCOC(F)(F)F. The van der Waals surface area contributed by atoms with Crippen LogP contribution in [0.15, 0.2) is 0 Å². The minimum Gasteiger partial charge on any atom is -0.396 e. The lowest BCUT2D eigenvalue weighted by Gasteiger charge is -2.07. The molecule has 0 heterocycles. The first-order valence-electron chi connectivity index (χ1n) is 4.66. The average molecular weight is 247 g/mol. The molecule has 0 aliphatic heterocycles. The fourth-order valence-corrected chi connectivity index (χ4v) is 1.60. The molecule has 3 nitrogen and oxygen atoms in total. The van der Waals surface area contributed by atoms with Gasteiger partial charge >= 0.3 is 6.36 Å². The smallest absolute Gasteiger partial charge is 0.396 e. The molecule has 0 aliphatic rings. The third kappa shape index (κ3) is 14.0. The number of halogens is 3. The third-order valence-corrected chi connectivity index (χ3v) is 2.48. The molecule has 0 radical (unpaired) electrons. The third-order valence-electron chi connectivity index (χ3n) is 1.41. The minimum atomic E-state index is -4.53. The van der Waals surface area contributed by atoms with Gasteiger partial charge in [0, 0.05) is 25.4 Å². The van der Waals surface area contributed by atoms with Crippen LogP contribution in [0.1, 0.15) is 6.42 Å². The molecular formula is C8H16F3NO2S. The number of aliphatic hydroxyl groups is 1. The van der Waals surface area contributed by atoms with Crippen molar-refractivity contribution in [3.8, 4) is 0 Å². The standard InChI is InChI=1S/C8H16F3NO2S/c9-8(10,11)14-5-2-12-3-7-15-6-1-4-13/h12-13H,1-7H2. The Morgan fingerprint density at radius 3 is 2.53 bits per heavy atom. The van der Waals surface area contributed by atoms with E-state index in [-0.39, 0.29) is 19.8 Å². The van der Waals surface area contributed by atoms with E-state index >= 15 is 0 Å². The van der Waals surface area contributed by atoms with E-state index < -0.39 is 6.36 Å². The van der Waals surface area contributed by atoms with E-state index in [9.17, 15) is 13.2 Å². The summed E-state index contributed by atoms with van der Waals surface area (Å²) in [5.74, 6) is 1.70. The number of aliphatic hydroxyl groups excluding tert-OH is 1. The zero-order chi connectivity index (χ0) is 11.6. The van der Waals surface area contributed by atoms with Crippen molar-refractivity contribution in [1.82, 2.24) is 5.32 Å². The van der Waals surface area contributed by atoms with Gasteiger partial charge in [-0.2, -0.15) is 11.8 Å². The molecule has 0 amide bonds. The van der Waals surface area contributed by atoms with E-state index in [0.29, 0.717) is 6.54 Å². The van der Waals surface area contributed by atoms with Gasteiger partial charge in [-0.15, -0.1) is 13.2 Å². The number of rotatable bonds is 9. The van der Waals surface area contributed by atoms with Gasteiger partial charge in [0.1, 0.15) is 0 Å². The molecule has 0 aromatic heterocycles. The van der Waals surface area contributed by atoms with Crippen LogP contribution in [0.5, 0.6) is 0 Å². The fraction of sp³-hybridized carbons (Fsp3) is 1.00. The van der Waals surface area contributed by atoms with Gasteiger partial charge in [-0.05, 0) is 12.2 Å². The molecule has 92 valence electrons. The highest BCUT2D eigenvalue weighted by atomic mass is 32.2. The van der Waals surface area contributed by atoms with Gasteiger partial charge in [-0.25, -0.2) is 0 Å². The van der Waals surface area contributed by atoms with Crippen molar-refractivity contribution in [1.29, 1.82) is 0 Å². The number of hydrogen-bond acceptors (Lipinski definition) is 4. The van der Waals surface area contributed by atoms with E-state index in [2.05, 4.69) is 10.1 Å². The van der Waals surface area contributed by atoms with Gasteiger partial charge in [0.25, 0.3) is 0 Å². The Morgan fingerprint density at radius 2 is 1.93 bits per heavy atom. The Bertz CT molecular complexity index is 146. The molecule has 0 unspecified atom stereocenters. The summed E-state index contributed by atoms with van der Waals surface area (Å²) in [6, 6.07) is 0. The first-order chi connectivity index (χ1) is 7.06. The average Bonchev–Trinajstić information content (AvgIpc) is 2.14. The van der Waals surface area contributed by atoms with Crippen LogP contribution in [0.3, 0.4) is 0 Å². The summed E-state index contributed by atoms with van der Waals surface area (Å²) in [6.45, 7) is 0.669. The fourth-order valence-electron chi connectivity index (χ4n) is 0.777. The number of nitrogens with one attached hydrogen (secondary N) is 1. The Morgan fingerprint density at radius 1 is 1.20 bits per heavy atom. The maximum absolute atomic E-state index is 11.5. The van der Waals surface area contributed by atoms with Crippen LogP contribution >= 0.6 is 11.8 Å². The van der Waals surface area contributed by atoms with Crippen LogP contribution in [0, 0.1) is 0 Å². The van der Waals surface area contributed by atoms with Crippen LogP contribution in [0.4, 0.5) is 13.2 Å². The van der Waals surface area contributed by atoms with Gasteiger partial charge in [-0.3, -0.25) is 4.74 Å². The number of hydrogen-bond donors (Lipinski definition) is 2. The van der Waals surface area contributed by atoms with Gasteiger partial charge < -0.3 is 10.4 Å². The number of alkyl halides is 3. The monoisotopic (exact) mass is 247 g/mol. The normalized spacial score (nSPS) is 12.0. The molecule has 0 atom stereocenters. The van der Waals surface area contributed by atoms with Crippen LogP contribution in [-0.4, -0.2) is 49.3 Å². The van der Waals surface area contributed by atoms with E-state index in [4.69, 9.17) is 5.11 Å². The largest absolute Gasteiger partial charge is 0.522 e. The lowest BCUT2D eigenvalue weighted by Crippen LogP contribution is -2.25. The first-order valence-corrected chi connectivity index (χ1v) is 5.82. The molecule has 0 bridgehead atoms. The highest BCUT2D eigenvalue weighted by Crippen LogP contribution is 2.15. The Hall–Kier alpha value is 0.0200. The van der Waals surface area contributed by atoms with Crippen LogP contribution in [0.25, 0.3) is 0 Å². The molecule has 0 saturated carbocycles. The molecule has 0 fully saturated rings. The van der Waals surface area contributed by atoms with Crippen molar-refractivity contribution in [3.05, 3.63) is 0 Å². The summed E-state index contributed by atoms with van der Waals surface area (Å²) in [5.41, 5.74) is 0. The highest BCUT2D eigenvalue weighted by molar-refractivity contribution is 7.99. The number of ether oxygens (including phenoxy) is 1. The van der Waals surface area contributed by atoms with Crippen molar-refractivity contribution in [3.63, 3.8) is 0 Å². The van der Waals surface area contributed by atoms with Crippen LogP contribution < -0.4 is 5.32 Å². The second kappa shape index (κ2) is 9.26. The summed E-state index contributed by atoms with van der Waals surface area (Å²) in [4.78, 5) is 0. The molecular weight excluding hydrogens is 231 g/mol. The Kier molecular flexibility index (Phi) is 9.27. The van der Waals surface area contributed by atoms with Gasteiger partial charge in [0.05, 0.1) is 6.61 Å². The quantitative estimate of drug-likeness (QED) is 0.601. The van der Waals surface area contributed by atoms with Gasteiger partial charge in [0.2, 0.25) is 0 Å². The molecule has 0 spiro atoms. The maximum atomic E-state index is 11.5. The second-order valence-corrected chi connectivity index (χ2v) is 3.96. The lowest BCUT2D eigenvalue weighted by molar-refractivity contribution is -0.323. The van der Waals surface area contributed by atoms with Crippen molar-refractivity contribution < 1.29 is 23.0 Å². The van der Waals surface area contributed by atoms with Crippen molar-refractivity contribution >= 4 is 11.8 Å². The first kappa shape index (κ1) is 15.0. The summed E-state index contributed by atoms with van der Waals surface area (Å²) in [7, 11) is 0. The van der Waals surface area contributed by atoms with E-state index in [0.717, 1.165) is 17.9 Å². The van der Waals surface area contributed by atoms with Crippen molar-refractivity contribution in [2.75, 3.05) is 37.8 Å². The van der Waals surface area contributed by atoms with Crippen LogP contribution in [-0.2, 0) is 4.74 Å². The Balaban J connectivity index is 2.99. The molecule has 0 saturated heterocycles. The summed E-state index contributed by atoms with van der Waals surface area (Å²) < 4.78 is 38.0. The lowest BCUT2D eigenvalue weighted by atomic mass is 10.5. The topological polar surface area (TPSA) is 41.5 Å². The van der Waals surface area contributed by atoms with Crippen molar-refractivity contribution in [2.24, 2.45) is 0 Å².